The van der Waals surface area contributed by atoms with Gasteiger partial charge in [-0.1, -0.05) is 122 Å². The zero-order valence-electron chi connectivity index (χ0n) is 23.5. The summed E-state index contributed by atoms with van der Waals surface area (Å²) in [4.78, 5) is 1.38. The summed E-state index contributed by atoms with van der Waals surface area (Å²) in [6.45, 7) is 4.47. The van der Waals surface area contributed by atoms with Crippen LogP contribution >= 0.6 is 11.8 Å². The minimum atomic E-state index is 0.986. The van der Waals surface area contributed by atoms with Gasteiger partial charge in [-0.05, 0) is 104 Å². The first-order chi connectivity index (χ1) is 20.2. The van der Waals surface area contributed by atoms with Gasteiger partial charge in [0.05, 0.1) is 0 Å². The van der Waals surface area contributed by atoms with Crippen LogP contribution in [0.5, 0.6) is 0 Å². The molecule has 0 nitrogen and oxygen atoms in total. The van der Waals surface area contributed by atoms with Crippen LogP contribution in [0.1, 0.15) is 23.6 Å². The maximum Gasteiger partial charge on any atom is 0.0244 e. The van der Waals surface area contributed by atoms with Crippen molar-refractivity contribution in [2.24, 2.45) is 0 Å². The Hall–Kier alpha value is -4.33. The summed E-state index contributed by atoms with van der Waals surface area (Å²) in [6.07, 6.45) is 0.986. The molecular weight excluding hydrogens is 513 g/mol. The molecule has 0 atom stereocenters. The molecule has 6 aromatic rings. The molecule has 1 heteroatoms. The fourth-order valence-corrected chi connectivity index (χ4v) is 7.45. The Morgan fingerprint density at radius 3 is 1.76 bits per heavy atom. The molecule has 0 saturated heterocycles. The minimum absolute atomic E-state index is 0.986. The molecule has 0 unspecified atom stereocenters. The molecule has 198 valence electrons. The molecule has 41 heavy (non-hydrogen) atoms. The molecule has 0 amide bonds. The average molecular weight is 545 g/mol. The van der Waals surface area contributed by atoms with Crippen molar-refractivity contribution in [1.29, 1.82) is 0 Å². The van der Waals surface area contributed by atoms with Gasteiger partial charge in [0, 0.05) is 10.6 Å². The SMILES string of the molecule is CCc1c(-c2cccc(-c3cccc(-c4cccc5c4CSc4ccccc4-5)c3)c2)cccc1-c1ccccc1C. The van der Waals surface area contributed by atoms with Crippen LogP contribution < -0.4 is 0 Å². The van der Waals surface area contributed by atoms with E-state index in [4.69, 9.17) is 0 Å². The molecule has 0 saturated carbocycles. The van der Waals surface area contributed by atoms with E-state index in [0.29, 0.717) is 0 Å². The number of benzene rings is 6. The first-order valence-corrected chi connectivity index (χ1v) is 15.4. The fraction of sp³-hybridized carbons (Fsp3) is 0.100. The largest absolute Gasteiger partial charge is 0.121 e. The molecule has 0 spiro atoms. The van der Waals surface area contributed by atoms with Crippen LogP contribution in [0.2, 0.25) is 0 Å². The van der Waals surface area contributed by atoms with E-state index in [1.54, 1.807) is 0 Å². The zero-order chi connectivity index (χ0) is 27.8. The molecule has 7 rings (SSSR count). The molecule has 0 aromatic heterocycles. The van der Waals surface area contributed by atoms with Crippen molar-refractivity contribution in [2.75, 3.05) is 0 Å². The lowest BCUT2D eigenvalue weighted by Gasteiger charge is -2.22. The molecule has 6 aromatic carbocycles. The normalized spacial score (nSPS) is 12.0. The lowest BCUT2D eigenvalue weighted by Crippen LogP contribution is -1.98. The number of hydrogen-bond acceptors (Lipinski definition) is 1. The van der Waals surface area contributed by atoms with Crippen molar-refractivity contribution in [1.82, 2.24) is 0 Å². The van der Waals surface area contributed by atoms with Gasteiger partial charge in [-0.2, -0.15) is 0 Å². The molecule has 0 fully saturated rings. The quantitative estimate of drug-likeness (QED) is 0.208. The van der Waals surface area contributed by atoms with E-state index in [-0.39, 0.29) is 0 Å². The van der Waals surface area contributed by atoms with E-state index in [9.17, 15) is 0 Å². The second-order valence-corrected chi connectivity index (χ2v) is 11.8. The van der Waals surface area contributed by atoms with E-state index >= 15 is 0 Å². The van der Waals surface area contributed by atoms with Crippen LogP contribution in [0.4, 0.5) is 0 Å². The van der Waals surface area contributed by atoms with Crippen molar-refractivity contribution >= 4 is 11.8 Å². The summed E-state index contributed by atoms with van der Waals surface area (Å²) in [7, 11) is 0. The predicted octanol–water partition coefficient (Wildman–Crippen LogP) is 11.5. The third-order valence-electron chi connectivity index (χ3n) is 8.37. The van der Waals surface area contributed by atoms with Crippen LogP contribution in [0.25, 0.3) is 55.6 Å². The first kappa shape index (κ1) is 25.6. The summed E-state index contributed by atoms with van der Waals surface area (Å²) in [5.74, 6) is 0.999. The van der Waals surface area contributed by atoms with E-state index in [1.807, 2.05) is 11.8 Å². The maximum absolute atomic E-state index is 2.37. The fourth-order valence-electron chi connectivity index (χ4n) is 6.33. The van der Waals surface area contributed by atoms with Crippen molar-refractivity contribution < 1.29 is 0 Å². The van der Waals surface area contributed by atoms with Gasteiger partial charge in [-0.15, -0.1) is 11.8 Å². The Labute approximate surface area is 247 Å². The third kappa shape index (κ3) is 4.71. The van der Waals surface area contributed by atoms with Gasteiger partial charge in [0.25, 0.3) is 0 Å². The van der Waals surface area contributed by atoms with Gasteiger partial charge in [-0.25, -0.2) is 0 Å². The maximum atomic E-state index is 2.37. The molecule has 1 heterocycles. The highest BCUT2D eigenvalue weighted by Gasteiger charge is 2.19. The summed E-state index contributed by atoms with van der Waals surface area (Å²) < 4.78 is 0. The molecule has 0 N–H and O–H groups in total. The zero-order valence-corrected chi connectivity index (χ0v) is 24.3. The van der Waals surface area contributed by atoms with E-state index in [2.05, 4.69) is 147 Å². The monoisotopic (exact) mass is 544 g/mol. The summed E-state index contributed by atoms with van der Waals surface area (Å²) in [5.41, 5.74) is 17.2. The van der Waals surface area contributed by atoms with Gasteiger partial charge >= 0.3 is 0 Å². The van der Waals surface area contributed by atoms with Gasteiger partial charge < -0.3 is 0 Å². The highest BCUT2D eigenvalue weighted by molar-refractivity contribution is 7.98. The van der Waals surface area contributed by atoms with Crippen LogP contribution in [-0.2, 0) is 12.2 Å². The highest BCUT2D eigenvalue weighted by atomic mass is 32.2. The summed E-state index contributed by atoms with van der Waals surface area (Å²) in [6, 6.07) is 49.2. The van der Waals surface area contributed by atoms with Gasteiger partial charge in [0.15, 0.2) is 0 Å². The smallest absolute Gasteiger partial charge is 0.0244 e. The Kier molecular flexibility index (Phi) is 6.82. The van der Waals surface area contributed by atoms with Crippen molar-refractivity contribution in [3.05, 3.63) is 150 Å². The third-order valence-corrected chi connectivity index (χ3v) is 9.47. The minimum Gasteiger partial charge on any atom is -0.121 e. The van der Waals surface area contributed by atoms with E-state index in [0.717, 1.165) is 12.2 Å². The Morgan fingerprint density at radius 2 is 1.02 bits per heavy atom. The molecule has 1 aliphatic rings. The van der Waals surface area contributed by atoms with E-state index in [1.165, 1.54) is 77.2 Å². The molecule has 0 aliphatic carbocycles. The Balaban J connectivity index is 1.29. The van der Waals surface area contributed by atoms with Crippen molar-refractivity contribution in [2.45, 2.75) is 30.9 Å². The number of fused-ring (bicyclic) bond motifs is 3. The lowest BCUT2D eigenvalue weighted by atomic mass is 9.87. The highest BCUT2D eigenvalue weighted by Crippen LogP contribution is 2.45. The Bertz CT molecular complexity index is 1890. The number of aryl methyl sites for hydroxylation is 1. The average Bonchev–Trinajstić information content (AvgIpc) is 3.04. The molecule has 0 bridgehead atoms. The lowest BCUT2D eigenvalue weighted by molar-refractivity contribution is 1.14. The van der Waals surface area contributed by atoms with Gasteiger partial charge in [-0.3, -0.25) is 0 Å². The predicted molar refractivity (Wildman–Crippen MR) is 177 cm³/mol. The van der Waals surface area contributed by atoms with E-state index < -0.39 is 0 Å². The number of rotatable bonds is 5. The molecular formula is C40H32S. The van der Waals surface area contributed by atoms with Gasteiger partial charge in [0.2, 0.25) is 0 Å². The van der Waals surface area contributed by atoms with Gasteiger partial charge in [0.1, 0.15) is 0 Å². The Morgan fingerprint density at radius 1 is 0.488 bits per heavy atom. The van der Waals surface area contributed by atoms with Crippen LogP contribution in [-0.4, -0.2) is 0 Å². The second-order valence-electron chi connectivity index (χ2n) is 10.8. The first-order valence-electron chi connectivity index (χ1n) is 14.4. The summed E-state index contributed by atoms with van der Waals surface area (Å²) >= 11 is 1.94. The van der Waals surface area contributed by atoms with Crippen LogP contribution in [0, 0.1) is 6.92 Å². The number of hydrogen-bond donors (Lipinski definition) is 0. The topological polar surface area (TPSA) is 0 Å². The number of thioether (sulfide) groups is 1. The van der Waals surface area contributed by atoms with Crippen molar-refractivity contribution in [3.8, 4) is 55.6 Å². The standard InChI is InChI=1S/C40H32S/c1-3-32-34(19-10-21-36(32)33-17-5-4-12-27(33)2)30-15-8-13-28(24-30)29-14-9-16-31(25-29)35-20-11-22-37-38-18-6-7-23-40(38)41-26-39(35)37/h4-25H,3,26H2,1-2H3. The molecule has 1 aliphatic heterocycles. The second kappa shape index (κ2) is 10.9. The summed E-state index contributed by atoms with van der Waals surface area (Å²) in [5, 5.41) is 0. The van der Waals surface area contributed by atoms with Crippen LogP contribution in [0.15, 0.2) is 138 Å². The van der Waals surface area contributed by atoms with Crippen LogP contribution in [0.3, 0.4) is 0 Å². The van der Waals surface area contributed by atoms with Crippen molar-refractivity contribution in [3.63, 3.8) is 0 Å². The molecule has 0 radical (unpaired) electrons.